The van der Waals surface area contributed by atoms with Gasteiger partial charge in [-0.3, -0.25) is 0 Å². The lowest BCUT2D eigenvalue weighted by molar-refractivity contribution is -0.223. The van der Waals surface area contributed by atoms with E-state index in [1.54, 1.807) is 24.3 Å². The summed E-state index contributed by atoms with van der Waals surface area (Å²) in [7, 11) is 0. The van der Waals surface area contributed by atoms with Crippen molar-refractivity contribution < 1.29 is 38.3 Å². The number of aliphatic hydroxyl groups excluding tert-OH is 2. The Morgan fingerprint density at radius 1 is 0.794 bits per heavy atom. The standard InChI is InChI=1S/C24H26F2N2O6/c25-17-7-1-5-15(13-17)19-9-3-11-27(19)33-23(31)21(29)22(30)24(32)34-28-12-4-10-20(28)16-6-2-8-18(26)14-16/h1-2,5-8,13-14,19-22,29-30H,3-4,9-12H2/t19-,20-,21?,22?/m1/s1. The average molecular weight is 476 g/mol. The van der Waals surface area contributed by atoms with Crippen LogP contribution in [0.4, 0.5) is 8.78 Å². The average Bonchev–Trinajstić information content (AvgIpc) is 3.47. The van der Waals surface area contributed by atoms with Gasteiger partial charge in [-0.15, -0.1) is 10.1 Å². The van der Waals surface area contributed by atoms with Crippen molar-refractivity contribution >= 4 is 11.9 Å². The van der Waals surface area contributed by atoms with Crippen LogP contribution in [0.5, 0.6) is 0 Å². The second kappa shape index (κ2) is 10.6. The lowest BCUT2D eigenvalue weighted by Gasteiger charge is -2.27. The molecule has 2 fully saturated rings. The molecule has 0 spiro atoms. The molecule has 0 radical (unpaired) electrons. The molecule has 2 aliphatic heterocycles. The largest absolute Gasteiger partial charge is 0.379 e. The van der Waals surface area contributed by atoms with Crippen LogP contribution in [0.15, 0.2) is 48.5 Å². The molecule has 4 rings (SSSR count). The van der Waals surface area contributed by atoms with Crippen molar-refractivity contribution in [3.8, 4) is 0 Å². The predicted molar refractivity (Wildman–Crippen MR) is 114 cm³/mol. The molecule has 34 heavy (non-hydrogen) atoms. The first kappa shape index (κ1) is 24.2. The Hall–Kier alpha value is -2.92. The van der Waals surface area contributed by atoms with Crippen molar-refractivity contribution in [3.05, 3.63) is 71.3 Å². The third-order valence-electron chi connectivity index (χ3n) is 6.07. The number of carbonyl (C=O) groups excluding carboxylic acids is 2. The fourth-order valence-corrected chi connectivity index (χ4v) is 4.39. The topological polar surface area (TPSA) is 99.5 Å². The Bertz CT molecular complexity index is 957. The van der Waals surface area contributed by atoms with E-state index in [2.05, 4.69) is 0 Å². The van der Waals surface area contributed by atoms with Gasteiger partial charge in [-0.2, -0.15) is 0 Å². The first-order valence-corrected chi connectivity index (χ1v) is 11.2. The molecular weight excluding hydrogens is 450 g/mol. The molecule has 2 N–H and O–H groups in total. The second-order valence-electron chi connectivity index (χ2n) is 8.42. The summed E-state index contributed by atoms with van der Waals surface area (Å²) >= 11 is 0. The summed E-state index contributed by atoms with van der Waals surface area (Å²) in [4.78, 5) is 35.3. The smallest absolute Gasteiger partial charge is 0.357 e. The normalized spacial score (nSPS) is 22.9. The summed E-state index contributed by atoms with van der Waals surface area (Å²) < 4.78 is 27.2. The summed E-state index contributed by atoms with van der Waals surface area (Å²) in [6, 6.07) is 11.0. The van der Waals surface area contributed by atoms with E-state index in [1.807, 2.05) is 0 Å². The Morgan fingerprint density at radius 3 is 1.59 bits per heavy atom. The lowest BCUT2D eigenvalue weighted by atomic mass is 10.1. The molecule has 2 unspecified atom stereocenters. The molecule has 0 aromatic heterocycles. The van der Waals surface area contributed by atoms with E-state index in [0.29, 0.717) is 49.9 Å². The van der Waals surface area contributed by atoms with Crippen molar-refractivity contribution in [2.45, 2.75) is 50.0 Å². The van der Waals surface area contributed by atoms with Crippen molar-refractivity contribution in [2.75, 3.05) is 13.1 Å². The van der Waals surface area contributed by atoms with Gasteiger partial charge in [0.25, 0.3) is 0 Å². The van der Waals surface area contributed by atoms with Gasteiger partial charge in [0.05, 0.1) is 12.1 Å². The van der Waals surface area contributed by atoms with Crippen LogP contribution < -0.4 is 0 Å². The molecule has 2 aliphatic rings. The fourth-order valence-electron chi connectivity index (χ4n) is 4.39. The van der Waals surface area contributed by atoms with Crippen molar-refractivity contribution in [3.63, 3.8) is 0 Å². The number of rotatable bonds is 7. The Labute approximate surface area is 195 Å². The lowest BCUT2D eigenvalue weighted by Crippen LogP contribution is -2.45. The molecule has 4 atom stereocenters. The van der Waals surface area contributed by atoms with Crippen molar-refractivity contribution in [1.82, 2.24) is 10.1 Å². The number of aliphatic hydroxyl groups is 2. The van der Waals surface area contributed by atoms with Gasteiger partial charge in [0.2, 0.25) is 0 Å². The zero-order valence-electron chi connectivity index (χ0n) is 18.3. The van der Waals surface area contributed by atoms with Gasteiger partial charge >= 0.3 is 11.9 Å². The fraction of sp³-hybridized carbons (Fsp3) is 0.417. The van der Waals surface area contributed by atoms with Gasteiger partial charge in [-0.05, 0) is 61.1 Å². The summed E-state index contributed by atoms with van der Waals surface area (Å²) in [5.41, 5.74) is 1.22. The van der Waals surface area contributed by atoms with E-state index in [0.717, 1.165) is 0 Å². The summed E-state index contributed by atoms with van der Waals surface area (Å²) in [5, 5.41) is 23.1. The molecule has 2 heterocycles. The molecule has 2 aromatic rings. The number of carbonyl (C=O) groups is 2. The van der Waals surface area contributed by atoms with E-state index in [-0.39, 0.29) is 0 Å². The third-order valence-corrected chi connectivity index (χ3v) is 6.07. The van der Waals surface area contributed by atoms with E-state index in [4.69, 9.17) is 9.68 Å². The van der Waals surface area contributed by atoms with Crippen LogP contribution in [-0.4, -0.2) is 57.6 Å². The van der Waals surface area contributed by atoms with E-state index in [1.165, 1.54) is 34.4 Å². The number of benzene rings is 2. The molecule has 8 nitrogen and oxygen atoms in total. The highest BCUT2D eigenvalue weighted by Crippen LogP contribution is 2.34. The number of hydrogen-bond donors (Lipinski definition) is 2. The number of halogens is 2. The van der Waals surface area contributed by atoms with Crippen molar-refractivity contribution in [2.24, 2.45) is 0 Å². The van der Waals surface area contributed by atoms with Gasteiger partial charge in [-0.25, -0.2) is 18.4 Å². The number of hydroxylamine groups is 4. The van der Waals surface area contributed by atoms with Gasteiger partial charge < -0.3 is 19.9 Å². The molecular formula is C24H26F2N2O6. The highest BCUT2D eigenvalue weighted by atomic mass is 19.1. The van der Waals surface area contributed by atoms with E-state index in [9.17, 15) is 28.6 Å². The summed E-state index contributed by atoms with van der Waals surface area (Å²) in [5.74, 6) is -3.30. The number of hydrogen-bond acceptors (Lipinski definition) is 8. The van der Waals surface area contributed by atoms with Gasteiger partial charge in [-0.1, -0.05) is 24.3 Å². The minimum Gasteiger partial charge on any atom is -0.379 e. The molecule has 0 amide bonds. The third kappa shape index (κ3) is 5.41. The van der Waals surface area contributed by atoms with Crippen LogP contribution in [0.1, 0.15) is 48.9 Å². The quantitative estimate of drug-likeness (QED) is 0.629. The van der Waals surface area contributed by atoms with Crippen LogP contribution in [0.3, 0.4) is 0 Å². The second-order valence-corrected chi connectivity index (χ2v) is 8.42. The van der Waals surface area contributed by atoms with E-state index < -0.39 is 47.9 Å². The number of nitrogens with zero attached hydrogens (tertiary/aromatic N) is 2. The minimum atomic E-state index is -2.18. The minimum absolute atomic E-state index is 0.350. The Kier molecular flexibility index (Phi) is 7.52. The van der Waals surface area contributed by atoms with Crippen LogP contribution >= 0.6 is 0 Å². The molecule has 0 aliphatic carbocycles. The summed E-state index contributed by atoms with van der Waals surface area (Å²) in [6.45, 7) is 0.701. The molecule has 0 saturated carbocycles. The molecule has 2 aromatic carbocycles. The van der Waals surface area contributed by atoms with Crippen LogP contribution in [-0.2, 0) is 19.3 Å². The first-order chi connectivity index (χ1) is 16.3. The maximum absolute atomic E-state index is 13.6. The Balaban J connectivity index is 1.35. The van der Waals surface area contributed by atoms with Crippen LogP contribution in [0.25, 0.3) is 0 Å². The maximum Gasteiger partial charge on any atom is 0.357 e. The predicted octanol–water partition coefficient (Wildman–Crippen LogP) is 2.58. The highest BCUT2D eigenvalue weighted by Gasteiger charge is 2.39. The monoisotopic (exact) mass is 476 g/mol. The molecule has 0 bridgehead atoms. The Morgan fingerprint density at radius 2 is 1.21 bits per heavy atom. The summed E-state index contributed by atoms with van der Waals surface area (Å²) in [6.07, 6.45) is -1.81. The maximum atomic E-state index is 13.6. The van der Waals surface area contributed by atoms with Gasteiger partial charge in [0, 0.05) is 13.1 Å². The first-order valence-electron chi connectivity index (χ1n) is 11.2. The van der Waals surface area contributed by atoms with E-state index >= 15 is 0 Å². The van der Waals surface area contributed by atoms with Crippen LogP contribution in [0.2, 0.25) is 0 Å². The highest BCUT2D eigenvalue weighted by molar-refractivity contribution is 5.85. The zero-order chi connectivity index (χ0) is 24.2. The van der Waals surface area contributed by atoms with Crippen LogP contribution in [0, 0.1) is 11.6 Å². The van der Waals surface area contributed by atoms with Gasteiger partial charge in [0.1, 0.15) is 11.6 Å². The van der Waals surface area contributed by atoms with Gasteiger partial charge in [0.15, 0.2) is 12.2 Å². The SMILES string of the molecule is O=C(ON1CCC[C@@H]1c1cccc(F)c1)C(O)C(O)C(=O)ON1CCC[C@@H]1c1cccc(F)c1. The molecule has 182 valence electrons. The molecule has 10 heteroatoms. The molecule has 2 saturated heterocycles. The zero-order valence-corrected chi connectivity index (χ0v) is 18.3. The van der Waals surface area contributed by atoms with Crippen molar-refractivity contribution in [1.29, 1.82) is 0 Å².